The van der Waals surface area contributed by atoms with E-state index in [0.717, 1.165) is 34.1 Å². The Morgan fingerprint density at radius 2 is 1.76 bits per heavy atom. The number of hydrogen-bond acceptors (Lipinski definition) is 6. The predicted molar refractivity (Wildman–Crippen MR) is 147 cm³/mol. The summed E-state index contributed by atoms with van der Waals surface area (Å²) in [6.07, 6.45) is 1.28. The molecule has 1 aromatic heterocycles. The quantitative estimate of drug-likeness (QED) is 0.247. The Morgan fingerprint density at radius 1 is 1.03 bits per heavy atom. The second-order valence-corrected chi connectivity index (χ2v) is 11.9. The van der Waals surface area contributed by atoms with Gasteiger partial charge in [0.1, 0.15) is 10.7 Å². The number of amides is 1. The van der Waals surface area contributed by atoms with Gasteiger partial charge < -0.3 is 5.32 Å². The van der Waals surface area contributed by atoms with Crippen molar-refractivity contribution in [1.29, 1.82) is 0 Å². The van der Waals surface area contributed by atoms with Crippen molar-refractivity contribution in [3.63, 3.8) is 0 Å². The number of benzene rings is 3. The molecular weight excluding hydrogens is 523 g/mol. The molecule has 1 N–H and O–H groups in total. The first-order valence-corrected chi connectivity index (χ1v) is 14.3. The standard InChI is InChI=1S/C28H25FN4O3S2/c1-17-11-18(2)26(19(3)12-17)31-25(34)16-37-28-30-14-24-27(32-28)22-9-4-5-10-23(22)33(38(24,35)36)15-20-7-6-8-21(29)13-20/h4-14H,15-16H2,1-3H3,(H,31,34). The van der Waals surface area contributed by atoms with E-state index < -0.39 is 15.8 Å². The van der Waals surface area contributed by atoms with Crippen LogP contribution in [-0.4, -0.2) is 30.0 Å². The van der Waals surface area contributed by atoms with Gasteiger partial charge in [0.15, 0.2) is 5.16 Å². The molecule has 0 aliphatic carbocycles. The Morgan fingerprint density at radius 3 is 2.50 bits per heavy atom. The molecule has 0 fully saturated rings. The maximum absolute atomic E-state index is 13.8. The van der Waals surface area contributed by atoms with E-state index in [0.29, 0.717) is 22.0 Å². The highest BCUT2D eigenvalue weighted by atomic mass is 32.2. The van der Waals surface area contributed by atoms with Crippen molar-refractivity contribution in [2.45, 2.75) is 37.4 Å². The number of halogens is 1. The van der Waals surface area contributed by atoms with Gasteiger partial charge in [0, 0.05) is 11.3 Å². The number of fused-ring (bicyclic) bond motifs is 3. The van der Waals surface area contributed by atoms with Crippen molar-refractivity contribution < 1.29 is 17.6 Å². The van der Waals surface area contributed by atoms with Crippen LogP contribution >= 0.6 is 11.8 Å². The van der Waals surface area contributed by atoms with Crippen LogP contribution in [0, 0.1) is 26.6 Å². The molecule has 7 nitrogen and oxygen atoms in total. The normalized spacial score (nSPS) is 13.5. The fraction of sp³-hybridized carbons (Fsp3) is 0.179. The zero-order valence-corrected chi connectivity index (χ0v) is 22.7. The summed E-state index contributed by atoms with van der Waals surface area (Å²) in [5.41, 5.74) is 5.73. The lowest BCUT2D eigenvalue weighted by molar-refractivity contribution is -0.113. The molecule has 1 amide bonds. The summed E-state index contributed by atoms with van der Waals surface area (Å²) in [6, 6.07) is 16.9. The first kappa shape index (κ1) is 25.9. The Hall–Kier alpha value is -3.76. The van der Waals surface area contributed by atoms with Crippen molar-refractivity contribution >= 4 is 39.1 Å². The van der Waals surface area contributed by atoms with E-state index in [1.165, 1.54) is 22.6 Å². The number of aryl methyl sites for hydroxylation is 3. The van der Waals surface area contributed by atoms with Gasteiger partial charge in [-0.25, -0.2) is 22.8 Å². The smallest absolute Gasteiger partial charge is 0.268 e. The van der Waals surface area contributed by atoms with Crippen LogP contribution in [0.5, 0.6) is 0 Å². The molecule has 2 heterocycles. The van der Waals surface area contributed by atoms with Crippen LogP contribution in [0.15, 0.2) is 76.9 Å². The Bertz CT molecular complexity index is 1650. The first-order valence-electron chi connectivity index (χ1n) is 11.9. The molecule has 1 aliphatic heterocycles. The van der Waals surface area contributed by atoms with Crippen LogP contribution in [0.3, 0.4) is 0 Å². The van der Waals surface area contributed by atoms with E-state index in [9.17, 15) is 17.6 Å². The summed E-state index contributed by atoms with van der Waals surface area (Å²) in [5, 5.41) is 3.25. The summed E-state index contributed by atoms with van der Waals surface area (Å²) >= 11 is 1.13. The molecule has 0 atom stereocenters. The lowest BCUT2D eigenvalue weighted by Crippen LogP contribution is -2.34. The van der Waals surface area contributed by atoms with Crippen molar-refractivity contribution in [1.82, 2.24) is 9.97 Å². The number of aromatic nitrogens is 2. The van der Waals surface area contributed by atoms with Gasteiger partial charge in [0.2, 0.25) is 5.91 Å². The number of para-hydroxylation sites is 1. The molecule has 194 valence electrons. The zero-order valence-electron chi connectivity index (χ0n) is 21.0. The number of rotatable bonds is 6. The third-order valence-corrected chi connectivity index (χ3v) is 8.84. The minimum Gasteiger partial charge on any atom is -0.325 e. The monoisotopic (exact) mass is 548 g/mol. The van der Waals surface area contributed by atoms with Gasteiger partial charge in [-0.2, -0.15) is 0 Å². The van der Waals surface area contributed by atoms with Gasteiger partial charge in [-0.1, -0.05) is 59.8 Å². The van der Waals surface area contributed by atoms with Crippen molar-refractivity contribution in [2.75, 3.05) is 15.4 Å². The first-order chi connectivity index (χ1) is 18.1. The van der Waals surface area contributed by atoms with Gasteiger partial charge in [0.25, 0.3) is 10.0 Å². The van der Waals surface area contributed by atoms with Crippen LogP contribution in [-0.2, 0) is 21.4 Å². The largest absolute Gasteiger partial charge is 0.325 e. The van der Waals surface area contributed by atoms with E-state index in [-0.39, 0.29) is 28.8 Å². The number of hydrogen-bond donors (Lipinski definition) is 1. The molecule has 5 rings (SSSR count). The van der Waals surface area contributed by atoms with Crippen LogP contribution in [0.25, 0.3) is 11.3 Å². The van der Waals surface area contributed by atoms with E-state index in [2.05, 4.69) is 15.3 Å². The van der Waals surface area contributed by atoms with Gasteiger partial charge in [-0.05, 0) is 55.7 Å². The fourth-order valence-electron chi connectivity index (χ4n) is 4.60. The molecule has 1 aliphatic rings. The summed E-state index contributed by atoms with van der Waals surface area (Å²) < 4.78 is 42.2. The molecule has 0 saturated carbocycles. The van der Waals surface area contributed by atoms with E-state index in [1.807, 2.05) is 32.9 Å². The minimum absolute atomic E-state index is 0.0349. The SMILES string of the molecule is Cc1cc(C)c(NC(=O)CSc2ncc3c(n2)-c2ccccc2N(Cc2cccc(F)c2)S3(=O)=O)c(C)c1. The Balaban J connectivity index is 1.41. The second kappa shape index (κ2) is 10.2. The van der Waals surface area contributed by atoms with E-state index in [4.69, 9.17) is 0 Å². The summed E-state index contributed by atoms with van der Waals surface area (Å²) in [6.45, 7) is 5.87. The highest BCUT2D eigenvalue weighted by Crippen LogP contribution is 2.42. The summed E-state index contributed by atoms with van der Waals surface area (Å²) in [7, 11) is -4.01. The highest BCUT2D eigenvalue weighted by Gasteiger charge is 2.36. The molecule has 0 radical (unpaired) electrons. The third-order valence-electron chi connectivity index (χ3n) is 6.22. The van der Waals surface area contributed by atoms with Crippen molar-refractivity contribution in [2.24, 2.45) is 0 Å². The average molecular weight is 549 g/mol. The molecule has 4 aromatic rings. The predicted octanol–water partition coefficient (Wildman–Crippen LogP) is 5.65. The van der Waals surface area contributed by atoms with Crippen LogP contribution < -0.4 is 9.62 Å². The highest BCUT2D eigenvalue weighted by molar-refractivity contribution is 7.99. The van der Waals surface area contributed by atoms with Crippen LogP contribution in [0.1, 0.15) is 22.3 Å². The molecule has 0 bridgehead atoms. The lowest BCUT2D eigenvalue weighted by atomic mass is 10.1. The molecule has 0 spiro atoms. The summed E-state index contributed by atoms with van der Waals surface area (Å²) in [5.74, 6) is -0.584. The van der Waals surface area contributed by atoms with E-state index in [1.54, 1.807) is 36.4 Å². The lowest BCUT2D eigenvalue weighted by Gasteiger charge is -2.31. The molecule has 0 saturated heterocycles. The van der Waals surface area contributed by atoms with Gasteiger partial charge in [0.05, 0.1) is 29.9 Å². The molecule has 38 heavy (non-hydrogen) atoms. The third kappa shape index (κ3) is 5.01. The molecule has 0 unspecified atom stereocenters. The van der Waals surface area contributed by atoms with Crippen LogP contribution in [0.2, 0.25) is 0 Å². The molecule has 3 aromatic carbocycles. The summed E-state index contributed by atoms with van der Waals surface area (Å²) in [4.78, 5) is 21.4. The topological polar surface area (TPSA) is 92.3 Å². The number of carbonyl (C=O) groups is 1. The van der Waals surface area contributed by atoms with Gasteiger partial charge in [-0.15, -0.1) is 0 Å². The number of nitrogens with one attached hydrogen (secondary N) is 1. The number of nitrogens with zero attached hydrogens (tertiary/aromatic N) is 3. The van der Waals surface area contributed by atoms with Crippen molar-refractivity contribution in [3.05, 3.63) is 94.9 Å². The number of thioether (sulfide) groups is 1. The average Bonchev–Trinajstić information content (AvgIpc) is 2.87. The Kier molecular flexibility index (Phi) is 6.93. The number of anilines is 2. The minimum atomic E-state index is -4.01. The molecular formula is C28H25FN4O3S2. The number of sulfonamides is 1. The Labute approximate surface area is 225 Å². The van der Waals surface area contributed by atoms with Gasteiger partial charge in [-0.3, -0.25) is 9.10 Å². The zero-order chi connectivity index (χ0) is 27.0. The second-order valence-electron chi connectivity index (χ2n) is 9.13. The maximum atomic E-state index is 13.8. The van der Waals surface area contributed by atoms with Crippen LogP contribution in [0.4, 0.5) is 15.8 Å². The van der Waals surface area contributed by atoms with Gasteiger partial charge >= 0.3 is 0 Å². The number of carbonyl (C=O) groups excluding carboxylic acids is 1. The van der Waals surface area contributed by atoms with E-state index >= 15 is 0 Å². The maximum Gasteiger partial charge on any atom is 0.268 e. The molecule has 10 heteroatoms. The van der Waals surface area contributed by atoms with Crippen molar-refractivity contribution in [3.8, 4) is 11.3 Å². The fourth-order valence-corrected chi connectivity index (χ4v) is 6.78.